The molecule has 3 aliphatic rings. The Morgan fingerprint density at radius 3 is 2.76 bits per heavy atom. The predicted octanol–water partition coefficient (Wildman–Crippen LogP) is 5.50. The molecule has 0 aliphatic carbocycles. The van der Waals surface area contributed by atoms with Gasteiger partial charge < -0.3 is 24.3 Å². The molecule has 2 N–H and O–H groups in total. The molecule has 12 nitrogen and oxygen atoms in total. The van der Waals surface area contributed by atoms with Crippen molar-refractivity contribution in [3.63, 3.8) is 0 Å². The standard InChI is InChI=1S/C38H47N7O5S/c1-6-44-31-13-12-24-18-26(31)27(34(44)25-10-7-14-39-33(25)23(2)49-5)20-38(3,4)22-50-36(47)28-11-8-17-45(42-28)35(46)29(19-32-40-30(24)21-51-32)41-37(48)43-15-9-16-43/h7,10,12-14,18,21,23,28-29,42H,6,8-9,11,15-17,19-20,22H2,1-5H3,(H,41,48)/t23-,28-,29-/m0/s1. The van der Waals surface area contributed by atoms with Crippen LogP contribution in [0, 0.1) is 5.41 Å². The molecule has 270 valence electrons. The third kappa shape index (κ3) is 6.98. The highest BCUT2D eigenvalue weighted by molar-refractivity contribution is 7.10. The van der Waals surface area contributed by atoms with E-state index in [0.29, 0.717) is 38.9 Å². The summed E-state index contributed by atoms with van der Waals surface area (Å²) in [5.41, 5.74) is 9.65. The van der Waals surface area contributed by atoms with Crippen LogP contribution in [0.25, 0.3) is 33.4 Å². The van der Waals surface area contributed by atoms with E-state index in [4.69, 9.17) is 19.4 Å². The van der Waals surface area contributed by atoms with Crippen molar-refractivity contribution in [3.05, 3.63) is 58.2 Å². The van der Waals surface area contributed by atoms with Crippen molar-refractivity contribution in [1.82, 2.24) is 35.2 Å². The summed E-state index contributed by atoms with van der Waals surface area (Å²) in [6.45, 7) is 11.1. The number of esters is 1. The zero-order chi connectivity index (χ0) is 35.9. The number of cyclic esters (lactones) is 1. The number of rotatable bonds is 5. The van der Waals surface area contributed by atoms with Crippen molar-refractivity contribution in [3.8, 4) is 22.5 Å². The molecule has 0 unspecified atom stereocenters. The van der Waals surface area contributed by atoms with Crippen LogP contribution < -0.4 is 10.7 Å². The minimum absolute atomic E-state index is 0.189. The van der Waals surface area contributed by atoms with Gasteiger partial charge in [0, 0.05) is 78.7 Å². The Kier molecular flexibility index (Phi) is 9.88. The number of benzene rings is 1. The Balaban J connectivity index is 1.36. The highest BCUT2D eigenvalue weighted by Crippen LogP contribution is 2.42. The summed E-state index contributed by atoms with van der Waals surface area (Å²) in [7, 11) is 1.70. The van der Waals surface area contributed by atoms with Crippen LogP contribution in [0.5, 0.6) is 0 Å². The van der Waals surface area contributed by atoms with Gasteiger partial charge in [0.25, 0.3) is 5.91 Å². The molecule has 2 saturated heterocycles. The fourth-order valence-electron chi connectivity index (χ4n) is 7.32. The number of amides is 3. The third-order valence-electron chi connectivity index (χ3n) is 10.3. The summed E-state index contributed by atoms with van der Waals surface area (Å²) in [6, 6.07) is 8.74. The lowest BCUT2D eigenvalue weighted by molar-refractivity contribution is -0.155. The lowest BCUT2D eigenvalue weighted by atomic mass is 9.84. The number of urea groups is 1. The normalized spacial score (nSPS) is 21.5. The molecule has 3 aliphatic heterocycles. The van der Waals surface area contributed by atoms with E-state index >= 15 is 0 Å². The number of fused-ring (bicyclic) bond motifs is 6. The van der Waals surface area contributed by atoms with Crippen molar-refractivity contribution in [2.75, 3.05) is 33.4 Å². The van der Waals surface area contributed by atoms with Crippen LogP contribution in [0.1, 0.15) is 69.3 Å². The first kappa shape index (κ1) is 35.1. The second kappa shape index (κ2) is 14.4. The molecule has 51 heavy (non-hydrogen) atoms. The first-order valence-electron chi connectivity index (χ1n) is 17.9. The fraction of sp³-hybridized carbons (Fsp3) is 0.500. The van der Waals surface area contributed by atoms with Gasteiger partial charge in [0.15, 0.2) is 0 Å². The summed E-state index contributed by atoms with van der Waals surface area (Å²) in [5, 5.41) is 8.30. The number of nitrogens with zero attached hydrogens (tertiary/aromatic N) is 5. The van der Waals surface area contributed by atoms with Crippen LogP contribution in [0.2, 0.25) is 0 Å². The largest absolute Gasteiger partial charge is 0.464 e. The molecule has 0 spiro atoms. The Morgan fingerprint density at radius 2 is 2.02 bits per heavy atom. The minimum atomic E-state index is -0.851. The number of hydrazine groups is 1. The second-order valence-electron chi connectivity index (χ2n) is 14.6. The lowest BCUT2D eigenvalue weighted by Crippen LogP contribution is -2.62. The maximum absolute atomic E-state index is 14.0. The second-order valence-corrected chi connectivity index (χ2v) is 15.5. The highest BCUT2D eigenvalue weighted by atomic mass is 32.1. The first-order chi connectivity index (χ1) is 24.6. The van der Waals surface area contributed by atoms with Crippen LogP contribution >= 0.6 is 11.3 Å². The molecule has 7 rings (SSSR count). The van der Waals surface area contributed by atoms with E-state index in [1.807, 2.05) is 18.4 Å². The molecular formula is C38H47N7O5S. The molecule has 6 heterocycles. The van der Waals surface area contributed by atoms with Crippen LogP contribution in [-0.2, 0) is 38.4 Å². The fourth-order valence-corrected chi connectivity index (χ4v) is 8.17. The Hall–Kier alpha value is -4.33. The van der Waals surface area contributed by atoms with E-state index in [1.54, 1.807) is 18.2 Å². The molecule has 0 radical (unpaired) electrons. The van der Waals surface area contributed by atoms with Gasteiger partial charge in [0.2, 0.25) is 0 Å². The van der Waals surface area contributed by atoms with Crippen molar-refractivity contribution in [2.24, 2.45) is 5.41 Å². The summed E-state index contributed by atoms with van der Waals surface area (Å²) >= 11 is 1.48. The molecule has 13 heteroatoms. The third-order valence-corrected chi connectivity index (χ3v) is 11.2. The number of aromatic nitrogens is 3. The van der Waals surface area contributed by atoms with Crippen molar-refractivity contribution >= 4 is 40.1 Å². The van der Waals surface area contributed by atoms with Crippen LogP contribution in [0.3, 0.4) is 0 Å². The molecule has 3 amide bonds. The number of carbonyl (C=O) groups excluding carboxylic acids is 3. The number of likely N-dealkylation sites (tertiary alicyclic amines) is 1. The van der Waals surface area contributed by atoms with Crippen LogP contribution in [0.4, 0.5) is 4.79 Å². The van der Waals surface area contributed by atoms with E-state index in [1.165, 1.54) is 16.3 Å². The summed E-state index contributed by atoms with van der Waals surface area (Å²) < 4.78 is 14.1. The van der Waals surface area contributed by atoms with Gasteiger partial charge >= 0.3 is 12.0 Å². The van der Waals surface area contributed by atoms with E-state index in [9.17, 15) is 14.4 Å². The SMILES string of the molecule is CCn1c(-c2cccnc2[C@H](C)OC)c2c3cc(ccc31)-c1csc(n1)C[C@H](NC(=O)N1CCC1)C(=O)N1CCC[C@H](N1)C(=O)OCC(C)(C)C2. The Bertz CT molecular complexity index is 1950. The maximum atomic E-state index is 14.0. The van der Waals surface area contributed by atoms with E-state index < -0.39 is 23.5 Å². The Labute approximate surface area is 302 Å². The van der Waals surface area contributed by atoms with Gasteiger partial charge in [-0.15, -0.1) is 11.3 Å². The van der Waals surface area contributed by atoms with Crippen LogP contribution in [0.15, 0.2) is 41.9 Å². The number of hydrogen-bond acceptors (Lipinski definition) is 9. The molecule has 2 fully saturated rings. The number of aryl methyl sites for hydroxylation is 1. The summed E-state index contributed by atoms with van der Waals surface area (Å²) in [4.78, 5) is 52.1. The van der Waals surface area contributed by atoms with Gasteiger partial charge in [-0.3, -0.25) is 19.6 Å². The smallest absolute Gasteiger partial charge is 0.324 e. The van der Waals surface area contributed by atoms with Gasteiger partial charge in [0.05, 0.1) is 34.8 Å². The van der Waals surface area contributed by atoms with E-state index in [2.05, 4.69) is 60.3 Å². The first-order valence-corrected chi connectivity index (χ1v) is 18.8. The number of hydrogen-bond donors (Lipinski definition) is 2. The van der Waals surface area contributed by atoms with Crippen LogP contribution in [-0.4, -0.2) is 87.8 Å². The molecule has 3 atom stereocenters. The van der Waals surface area contributed by atoms with Gasteiger partial charge in [-0.1, -0.05) is 19.9 Å². The average Bonchev–Trinajstić information content (AvgIpc) is 3.70. The average molecular weight is 714 g/mol. The Morgan fingerprint density at radius 1 is 1.20 bits per heavy atom. The number of carbonyl (C=O) groups is 3. The molecule has 3 aromatic heterocycles. The monoisotopic (exact) mass is 713 g/mol. The zero-order valence-corrected chi connectivity index (χ0v) is 30.8. The van der Waals surface area contributed by atoms with E-state index in [0.717, 1.165) is 62.6 Å². The molecule has 6 bridgehead atoms. The van der Waals surface area contributed by atoms with Gasteiger partial charge in [-0.05, 0) is 69.4 Å². The summed E-state index contributed by atoms with van der Waals surface area (Å²) in [6.07, 6.45) is 4.56. The number of pyridine rings is 1. The van der Waals surface area contributed by atoms with Gasteiger partial charge in [-0.2, -0.15) is 0 Å². The molecular weight excluding hydrogens is 667 g/mol. The number of ether oxygens (including phenoxy) is 2. The minimum Gasteiger partial charge on any atom is -0.464 e. The molecule has 4 aromatic rings. The van der Waals surface area contributed by atoms with Gasteiger partial charge in [0.1, 0.15) is 12.1 Å². The van der Waals surface area contributed by atoms with Gasteiger partial charge in [-0.25, -0.2) is 15.2 Å². The number of methoxy groups -OCH3 is 1. The van der Waals surface area contributed by atoms with Crippen molar-refractivity contribution in [2.45, 2.75) is 84.5 Å². The predicted molar refractivity (Wildman–Crippen MR) is 196 cm³/mol. The molecule has 1 aromatic carbocycles. The highest BCUT2D eigenvalue weighted by Gasteiger charge is 2.36. The topological polar surface area (TPSA) is 131 Å². The van der Waals surface area contributed by atoms with Crippen molar-refractivity contribution < 1.29 is 23.9 Å². The zero-order valence-electron chi connectivity index (χ0n) is 30.0. The van der Waals surface area contributed by atoms with E-state index in [-0.39, 0.29) is 31.1 Å². The maximum Gasteiger partial charge on any atom is 0.324 e. The quantitative estimate of drug-likeness (QED) is 0.260. The number of nitrogens with one attached hydrogen (secondary N) is 2. The summed E-state index contributed by atoms with van der Waals surface area (Å²) in [5.74, 6) is -0.689. The van der Waals surface area contributed by atoms with Crippen molar-refractivity contribution in [1.29, 1.82) is 0 Å². The lowest BCUT2D eigenvalue weighted by Gasteiger charge is -2.37. The molecule has 0 saturated carbocycles. The number of thiazole rings is 1.